The van der Waals surface area contributed by atoms with Gasteiger partial charge >= 0.3 is 0 Å². The van der Waals surface area contributed by atoms with E-state index in [0.717, 1.165) is 32.6 Å². The van der Waals surface area contributed by atoms with Crippen molar-refractivity contribution in [3.63, 3.8) is 0 Å². The van der Waals surface area contributed by atoms with E-state index < -0.39 is 0 Å². The van der Waals surface area contributed by atoms with Crippen molar-refractivity contribution in [1.29, 1.82) is 0 Å². The fraction of sp³-hybridized carbons (Fsp3) is 1.00. The number of aliphatic hydroxyl groups excluding tert-OH is 1. The van der Waals surface area contributed by atoms with E-state index in [4.69, 9.17) is 14.6 Å². The second-order valence-electron chi connectivity index (χ2n) is 5.93. The van der Waals surface area contributed by atoms with Crippen molar-refractivity contribution in [2.45, 2.75) is 63.0 Å². The van der Waals surface area contributed by atoms with Crippen LogP contribution < -0.4 is 5.32 Å². The van der Waals surface area contributed by atoms with E-state index in [-0.39, 0.29) is 12.2 Å². The number of hydrogen-bond acceptors (Lipinski definition) is 4. The van der Waals surface area contributed by atoms with E-state index in [2.05, 4.69) is 5.32 Å². The van der Waals surface area contributed by atoms with E-state index in [0.29, 0.717) is 12.6 Å². The van der Waals surface area contributed by atoms with Gasteiger partial charge in [0.15, 0.2) is 0 Å². The lowest BCUT2D eigenvalue weighted by Crippen LogP contribution is -2.48. The first-order valence-corrected chi connectivity index (χ1v) is 7.91. The lowest BCUT2D eigenvalue weighted by atomic mass is 9.78. The van der Waals surface area contributed by atoms with Gasteiger partial charge in [0.25, 0.3) is 0 Å². The summed E-state index contributed by atoms with van der Waals surface area (Å²) >= 11 is 0. The first-order valence-electron chi connectivity index (χ1n) is 7.91. The van der Waals surface area contributed by atoms with Crippen molar-refractivity contribution >= 4 is 0 Å². The van der Waals surface area contributed by atoms with Crippen LogP contribution in [0.2, 0.25) is 0 Å². The number of rotatable bonds is 7. The summed E-state index contributed by atoms with van der Waals surface area (Å²) in [6, 6.07) is 0.615. The number of ether oxygens (including phenoxy) is 2. The lowest BCUT2D eigenvalue weighted by Gasteiger charge is -2.43. The minimum absolute atomic E-state index is 0.121. The summed E-state index contributed by atoms with van der Waals surface area (Å²) in [5, 5.41) is 12.3. The molecule has 2 N–H and O–H groups in total. The molecule has 1 heterocycles. The quantitative estimate of drug-likeness (QED) is 0.694. The van der Waals surface area contributed by atoms with Crippen molar-refractivity contribution in [3.05, 3.63) is 0 Å². The molecule has 1 aliphatic carbocycles. The largest absolute Gasteiger partial charge is 0.394 e. The molecule has 4 heteroatoms. The minimum atomic E-state index is 0.121. The average Bonchev–Trinajstić information content (AvgIpc) is 2.44. The normalized spacial score (nSPS) is 26.7. The minimum Gasteiger partial charge on any atom is -0.394 e. The number of hydrogen-bond donors (Lipinski definition) is 2. The number of aliphatic hydroxyl groups is 1. The van der Waals surface area contributed by atoms with E-state index in [1.54, 1.807) is 0 Å². The summed E-state index contributed by atoms with van der Waals surface area (Å²) in [6.07, 6.45) is 9.90. The Bertz CT molecular complexity index is 236. The summed E-state index contributed by atoms with van der Waals surface area (Å²) in [4.78, 5) is 0. The van der Waals surface area contributed by atoms with Gasteiger partial charge in [0.05, 0.1) is 18.8 Å². The Kier molecular flexibility index (Phi) is 6.57. The van der Waals surface area contributed by atoms with Crippen LogP contribution in [0.1, 0.15) is 51.4 Å². The molecule has 1 spiro atoms. The van der Waals surface area contributed by atoms with Gasteiger partial charge < -0.3 is 19.9 Å². The highest BCUT2D eigenvalue weighted by Crippen LogP contribution is 2.38. The van der Waals surface area contributed by atoms with Gasteiger partial charge in [-0.1, -0.05) is 19.3 Å². The lowest BCUT2D eigenvalue weighted by molar-refractivity contribution is -0.109. The molecule has 0 radical (unpaired) electrons. The zero-order chi connectivity index (χ0) is 13.4. The van der Waals surface area contributed by atoms with Crippen LogP contribution in [0.3, 0.4) is 0 Å². The summed E-state index contributed by atoms with van der Waals surface area (Å²) in [7, 11) is 0. The summed E-state index contributed by atoms with van der Waals surface area (Å²) in [5.74, 6) is 0. The second-order valence-corrected chi connectivity index (χ2v) is 5.93. The molecule has 0 bridgehead atoms. The van der Waals surface area contributed by atoms with Gasteiger partial charge in [0, 0.05) is 19.3 Å². The van der Waals surface area contributed by atoms with Gasteiger partial charge in [-0.25, -0.2) is 0 Å². The molecule has 2 aliphatic rings. The number of nitrogens with one attached hydrogen (secondary N) is 1. The van der Waals surface area contributed by atoms with Crippen molar-refractivity contribution < 1.29 is 14.6 Å². The molecule has 4 nitrogen and oxygen atoms in total. The third-order valence-corrected chi connectivity index (χ3v) is 4.39. The Morgan fingerprint density at radius 3 is 2.84 bits per heavy atom. The van der Waals surface area contributed by atoms with E-state index in [9.17, 15) is 0 Å². The maximum Gasteiger partial charge on any atom is 0.0697 e. The smallest absolute Gasteiger partial charge is 0.0697 e. The monoisotopic (exact) mass is 271 g/mol. The average molecular weight is 271 g/mol. The molecule has 19 heavy (non-hydrogen) atoms. The molecule has 0 aromatic carbocycles. The van der Waals surface area contributed by atoms with Gasteiger partial charge in [0.1, 0.15) is 0 Å². The van der Waals surface area contributed by atoms with Crippen LogP contribution in [0.15, 0.2) is 0 Å². The first-order chi connectivity index (χ1) is 9.35. The zero-order valence-electron chi connectivity index (χ0n) is 12.0. The standard InChI is InChI=1S/C15H29NO3/c17-9-12-18-10-4-8-16-14-5-11-19-15(13-14)6-2-1-3-7-15/h14,16-17H,1-13H2. The molecule has 0 aromatic rings. The van der Waals surface area contributed by atoms with Crippen LogP contribution in [0.25, 0.3) is 0 Å². The predicted octanol–water partition coefficient (Wildman–Crippen LogP) is 1.86. The third kappa shape index (κ3) is 5.03. The first kappa shape index (κ1) is 15.2. The summed E-state index contributed by atoms with van der Waals surface area (Å²) < 4.78 is 11.4. The zero-order valence-corrected chi connectivity index (χ0v) is 12.0. The van der Waals surface area contributed by atoms with Gasteiger partial charge in [0.2, 0.25) is 0 Å². The molecule has 1 saturated carbocycles. The Labute approximate surface area is 116 Å². The molecule has 1 aliphatic heterocycles. The van der Waals surface area contributed by atoms with Gasteiger partial charge in [-0.05, 0) is 38.6 Å². The Morgan fingerprint density at radius 2 is 2.05 bits per heavy atom. The second kappa shape index (κ2) is 8.20. The topological polar surface area (TPSA) is 50.7 Å². The fourth-order valence-electron chi connectivity index (χ4n) is 3.39. The van der Waals surface area contributed by atoms with E-state index >= 15 is 0 Å². The van der Waals surface area contributed by atoms with E-state index in [1.165, 1.54) is 38.5 Å². The van der Waals surface area contributed by atoms with Crippen LogP contribution in [-0.2, 0) is 9.47 Å². The molecule has 2 rings (SSSR count). The van der Waals surface area contributed by atoms with Crippen molar-refractivity contribution in [3.8, 4) is 0 Å². The molecule has 1 atom stereocenters. The summed E-state index contributed by atoms with van der Waals surface area (Å²) in [6.45, 7) is 3.24. The molecule has 2 fully saturated rings. The maximum atomic E-state index is 8.61. The molecular formula is C15H29NO3. The van der Waals surface area contributed by atoms with Crippen LogP contribution >= 0.6 is 0 Å². The van der Waals surface area contributed by atoms with Gasteiger partial charge in [-0.2, -0.15) is 0 Å². The van der Waals surface area contributed by atoms with Crippen LogP contribution in [-0.4, -0.2) is 49.7 Å². The van der Waals surface area contributed by atoms with E-state index in [1.807, 2.05) is 0 Å². The van der Waals surface area contributed by atoms with Crippen LogP contribution in [0, 0.1) is 0 Å². The van der Waals surface area contributed by atoms with Crippen LogP contribution in [0.4, 0.5) is 0 Å². The van der Waals surface area contributed by atoms with Crippen LogP contribution in [0.5, 0.6) is 0 Å². The maximum absolute atomic E-state index is 8.61. The molecule has 1 unspecified atom stereocenters. The SMILES string of the molecule is OCCOCCCNC1CCOC2(CCCCC2)C1. The highest BCUT2D eigenvalue weighted by Gasteiger charge is 2.38. The molecule has 1 saturated heterocycles. The Hall–Kier alpha value is -0.160. The molecule has 0 aromatic heterocycles. The van der Waals surface area contributed by atoms with Gasteiger partial charge in [-0.15, -0.1) is 0 Å². The molecule has 112 valence electrons. The van der Waals surface area contributed by atoms with Crippen molar-refractivity contribution in [2.75, 3.05) is 33.0 Å². The molecule has 0 amide bonds. The highest BCUT2D eigenvalue weighted by atomic mass is 16.5. The Balaban J connectivity index is 1.61. The fourth-order valence-corrected chi connectivity index (χ4v) is 3.39. The van der Waals surface area contributed by atoms with Crippen molar-refractivity contribution in [1.82, 2.24) is 5.32 Å². The van der Waals surface area contributed by atoms with Gasteiger partial charge in [-0.3, -0.25) is 0 Å². The third-order valence-electron chi connectivity index (χ3n) is 4.39. The van der Waals surface area contributed by atoms with Crippen molar-refractivity contribution in [2.24, 2.45) is 0 Å². The predicted molar refractivity (Wildman–Crippen MR) is 75.3 cm³/mol. The highest BCUT2D eigenvalue weighted by molar-refractivity contribution is 4.91. The Morgan fingerprint density at radius 1 is 1.21 bits per heavy atom. The summed E-state index contributed by atoms with van der Waals surface area (Å²) in [5.41, 5.74) is 0.196. The molecular weight excluding hydrogens is 242 g/mol.